The largest absolute Gasteiger partial charge is 0.340 e. The highest BCUT2D eigenvalue weighted by Crippen LogP contribution is 2.14. The number of carbonyl (C=O) groups is 1. The van der Waals surface area contributed by atoms with Crippen LogP contribution in [0, 0.1) is 0 Å². The van der Waals surface area contributed by atoms with E-state index < -0.39 is 10.0 Å². The predicted molar refractivity (Wildman–Crippen MR) is 79.1 cm³/mol. The fourth-order valence-corrected chi connectivity index (χ4v) is 4.03. The van der Waals surface area contributed by atoms with Gasteiger partial charge in [-0.25, -0.2) is 12.7 Å². The van der Waals surface area contributed by atoms with Crippen molar-refractivity contribution in [2.75, 3.05) is 44.1 Å². The van der Waals surface area contributed by atoms with Gasteiger partial charge in [0.2, 0.25) is 15.9 Å². The molecule has 0 bridgehead atoms. The van der Waals surface area contributed by atoms with Crippen LogP contribution in [0.1, 0.15) is 6.42 Å². The van der Waals surface area contributed by atoms with Crippen molar-refractivity contribution < 1.29 is 13.2 Å². The van der Waals surface area contributed by atoms with E-state index in [2.05, 4.69) is 5.32 Å². The van der Waals surface area contributed by atoms with Crippen molar-refractivity contribution in [2.24, 2.45) is 0 Å². The molecule has 2 heterocycles. The minimum absolute atomic E-state index is 0. The molecule has 112 valence electrons. The van der Waals surface area contributed by atoms with Crippen LogP contribution in [0.25, 0.3) is 0 Å². The van der Waals surface area contributed by atoms with E-state index in [4.69, 9.17) is 0 Å². The van der Waals surface area contributed by atoms with E-state index in [1.54, 1.807) is 16.7 Å². The Balaban J connectivity index is 0.00000180. The fourth-order valence-electron chi connectivity index (χ4n) is 2.22. The van der Waals surface area contributed by atoms with Crippen molar-refractivity contribution in [3.05, 3.63) is 0 Å². The Morgan fingerprint density at radius 2 is 2.00 bits per heavy atom. The first kappa shape index (κ1) is 17.0. The molecule has 1 unspecified atom stereocenters. The normalized spacial score (nSPS) is 25.7. The number of nitrogens with zero attached hydrogens (tertiary/aromatic N) is 2. The summed E-state index contributed by atoms with van der Waals surface area (Å²) in [6, 6.07) is -0.0974. The maximum Gasteiger partial charge on any atom is 0.240 e. The molecule has 0 aromatic heterocycles. The highest BCUT2D eigenvalue weighted by atomic mass is 35.5. The van der Waals surface area contributed by atoms with E-state index in [-0.39, 0.29) is 24.4 Å². The Morgan fingerprint density at radius 1 is 1.26 bits per heavy atom. The van der Waals surface area contributed by atoms with Gasteiger partial charge >= 0.3 is 0 Å². The summed E-state index contributed by atoms with van der Waals surface area (Å²) in [7, 11) is -3.14. The zero-order valence-corrected chi connectivity index (χ0v) is 13.3. The van der Waals surface area contributed by atoms with Crippen LogP contribution in [0.2, 0.25) is 0 Å². The molecule has 0 radical (unpaired) electrons. The number of hydrogen-bond donors (Lipinski definition) is 1. The first-order valence-electron chi connectivity index (χ1n) is 6.03. The van der Waals surface area contributed by atoms with Gasteiger partial charge in [0.05, 0.1) is 12.3 Å². The molecule has 0 aromatic carbocycles. The third kappa shape index (κ3) is 4.49. The SMILES string of the molecule is CS(=O)(=O)N1CCCN(C(=O)C2CSCN2)CC1.Cl. The van der Waals surface area contributed by atoms with Crippen LogP contribution in [0.3, 0.4) is 0 Å². The molecule has 2 aliphatic rings. The molecule has 0 saturated carbocycles. The second-order valence-corrected chi connectivity index (χ2v) is 7.63. The number of rotatable bonds is 2. The molecular weight excluding hydrogens is 310 g/mol. The third-order valence-corrected chi connectivity index (χ3v) is 5.49. The molecule has 1 amide bonds. The monoisotopic (exact) mass is 329 g/mol. The van der Waals surface area contributed by atoms with Crippen LogP contribution in [-0.4, -0.2) is 73.6 Å². The average molecular weight is 330 g/mol. The topological polar surface area (TPSA) is 69.7 Å². The van der Waals surface area contributed by atoms with Crippen molar-refractivity contribution in [1.29, 1.82) is 0 Å². The van der Waals surface area contributed by atoms with Gasteiger partial charge in [-0.1, -0.05) is 0 Å². The minimum atomic E-state index is -3.14. The zero-order chi connectivity index (χ0) is 13.2. The molecule has 2 saturated heterocycles. The van der Waals surface area contributed by atoms with Crippen molar-refractivity contribution in [3.63, 3.8) is 0 Å². The van der Waals surface area contributed by atoms with E-state index >= 15 is 0 Å². The summed E-state index contributed by atoms with van der Waals surface area (Å²) in [6.45, 7) is 2.06. The quantitative estimate of drug-likeness (QED) is 0.744. The summed E-state index contributed by atoms with van der Waals surface area (Å²) in [5, 5.41) is 3.16. The lowest BCUT2D eigenvalue weighted by molar-refractivity contribution is -0.132. The lowest BCUT2D eigenvalue weighted by atomic mass is 10.2. The zero-order valence-electron chi connectivity index (χ0n) is 10.9. The van der Waals surface area contributed by atoms with E-state index in [0.717, 1.165) is 11.6 Å². The molecule has 9 heteroatoms. The highest BCUT2D eigenvalue weighted by molar-refractivity contribution is 7.99. The first-order valence-corrected chi connectivity index (χ1v) is 9.04. The maximum absolute atomic E-state index is 12.2. The lowest BCUT2D eigenvalue weighted by Crippen LogP contribution is -2.46. The van der Waals surface area contributed by atoms with Gasteiger partial charge in [0.15, 0.2) is 0 Å². The second-order valence-electron chi connectivity index (χ2n) is 4.61. The maximum atomic E-state index is 12.2. The molecule has 2 fully saturated rings. The van der Waals surface area contributed by atoms with Gasteiger partial charge in [0.1, 0.15) is 0 Å². The van der Waals surface area contributed by atoms with Gasteiger partial charge in [-0.2, -0.15) is 0 Å². The Labute approximate surface area is 124 Å². The van der Waals surface area contributed by atoms with Crippen molar-refractivity contribution in [3.8, 4) is 0 Å². The van der Waals surface area contributed by atoms with E-state index in [1.807, 2.05) is 0 Å². The number of carbonyl (C=O) groups excluding carboxylic acids is 1. The molecule has 1 N–H and O–H groups in total. The highest BCUT2D eigenvalue weighted by Gasteiger charge is 2.29. The van der Waals surface area contributed by atoms with Crippen LogP contribution < -0.4 is 5.32 Å². The van der Waals surface area contributed by atoms with E-state index in [9.17, 15) is 13.2 Å². The van der Waals surface area contributed by atoms with Crippen LogP contribution >= 0.6 is 24.2 Å². The van der Waals surface area contributed by atoms with Gasteiger partial charge in [-0.05, 0) is 6.42 Å². The summed E-state index contributed by atoms with van der Waals surface area (Å²) in [6.07, 6.45) is 1.93. The standard InChI is InChI=1S/C10H19N3O3S2.ClH/c1-18(15,16)13-4-2-3-12(5-6-13)10(14)9-7-17-8-11-9;/h9,11H,2-8H2,1H3;1H. The first-order chi connectivity index (χ1) is 8.48. The van der Waals surface area contributed by atoms with Crippen LogP contribution in [0.5, 0.6) is 0 Å². The van der Waals surface area contributed by atoms with Crippen molar-refractivity contribution in [1.82, 2.24) is 14.5 Å². The predicted octanol–water partition coefficient (Wildman–Crippen LogP) is -0.435. The van der Waals surface area contributed by atoms with Gasteiger partial charge in [0.25, 0.3) is 0 Å². The molecule has 1 atom stereocenters. The summed E-state index contributed by atoms with van der Waals surface area (Å²) < 4.78 is 24.4. The molecule has 19 heavy (non-hydrogen) atoms. The molecular formula is C10H20ClN3O3S2. The molecule has 6 nitrogen and oxygen atoms in total. The number of nitrogens with one attached hydrogen (secondary N) is 1. The van der Waals surface area contributed by atoms with Gasteiger partial charge in [0, 0.05) is 37.8 Å². The number of amides is 1. The molecule has 0 aromatic rings. The van der Waals surface area contributed by atoms with E-state index in [0.29, 0.717) is 32.6 Å². The Hall–Kier alpha value is -0.0200. The lowest BCUT2D eigenvalue weighted by Gasteiger charge is -2.23. The Morgan fingerprint density at radius 3 is 2.58 bits per heavy atom. The number of halogens is 1. The summed E-state index contributed by atoms with van der Waals surface area (Å²) in [5.41, 5.74) is 0. The summed E-state index contributed by atoms with van der Waals surface area (Å²) in [5.74, 6) is 1.74. The van der Waals surface area contributed by atoms with Crippen molar-refractivity contribution >= 4 is 40.1 Å². The summed E-state index contributed by atoms with van der Waals surface area (Å²) >= 11 is 1.72. The van der Waals surface area contributed by atoms with Gasteiger partial charge < -0.3 is 4.90 Å². The van der Waals surface area contributed by atoms with Crippen LogP contribution in [0.4, 0.5) is 0 Å². The van der Waals surface area contributed by atoms with E-state index in [1.165, 1.54) is 10.6 Å². The molecule has 0 aliphatic carbocycles. The second kappa shape index (κ2) is 7.12. The summed E-state index contributed by atoms with van der Waals surface area (Å²) in [4.78, 5) is 14.0. The van der Waals surface area contributed by atoms with Crippen molar-refractivity contribution in [2.45, 2.75) is 12.5 Å². The molecule has 2 aliphatic heterocycles. The fraction of sp³-hybridized carbons (Fsp3) is 0.900. The number of sulfonamides is 1. The Bertz CT molecular complexity index is 412. The van der Waals surface area contributed by atoms with Gasteiger partial charge in [-0.15, -0.1) is 24.2 Å². The number of thioether (sulfide) groups is 1. The molecule has 0 spiro atoms. The Kier molecular flexibility index (Phi) is 6.38. The third-order valence-electron chi connectivity index (χ3n) is 3.25. The molecule has 2 rings (SSSR count). The van der Waals surface area contributed by atoms with Gasteiger partial charge in [-0.3, -0.25) is 10.1 Å². The van der Waals surface area contributed by atoms with Crippen LogP contribution in [-0.2, 0) is 14.8 Å². The van der Waals surface area contributed by atoms with Crippen LogP contribution in [0.15, 0.2) is 0 Å². The number of hydrogen-bond acceptors (Lipinski definition) is 5. The smallest absolute Gasteiger partial charge is 0.240 e. The minimum Gasteiger partial charge on any atom is -0.340 e. The average Bonchev–Trinajstić information content (AvgIpc) is 2.70.